The number of piperidine rings is 3. The molecule has 61 heavy (non-hydrogen) atoms. The Morgan fingerprint density at radius 3 is 2.44 bits per heavy atom. The number of hydrogen-bond acceptors (Lipinski definition) is 9. The molecule has 2 N–H and O–H groups in total. The summed E-state index contributed by atoms with van der Waals surface area (Å²) in [6.07, 6.45) is 11.2. The van der Waals surface area contributed by atoms with Crippen molar-refractivity contribution in [2.75, 3.05) is 38.0 Å². The predicted molar refractivity (Wildman–Crippen MR) is 234 cm³/mol. The lowest BCUT2D eigenvalue weighted by Gasteiger charge is -2.38. The van der Waals surface area contributed by atoms with Gasteiger partial charge >= 0.3 is 0 Å². The van der Waals surface area contributed by atoms with Crippen LogP contribution < -0.4 is 15.4 Å². The first-order valence-electron chi connectivity index (χ1n) is 22.1. The van der Waals surface area contributed by atoms with Gasteiger partial charge in [0.25, 0.3) is 5.91 Å². The highest BCUT2D eigenvalue weighted by atomic mass is 35.5. The minimum absolute atomic E-state index is 0.00691. The first kappa shape index (κ1) is 41.0. The number of fused-ring (bicyclic) bond motifs is 1. The van der Waals surface area contributed by atoms with Crippen LogP contribution in [0.3, 0.4) is 0 Å². The van der Waals surface area contributed by atoms with Crippen molar-refractivity contribution in [2.24, 2.45) is 11.8 Å². The van der Waals surface area contributed by atoms with E-state index in [0.717, 1.165) is 119 Å². The lowest BCUT2D eigenvalue weighted by molar-refractivity contribution is -0.138. The number of benzene rings is 3. The van der Waals surface area contributed by atoms with Gasteiger partial charge in [0.05, 0.1) is 16.9 Å². The Morgan fingerprint density at radius 2 is 1.64 bits per heavy atom. The molecule has 4 amide bonds. The van der Waals surface area contributed by atoms with Gasteiger partial charge in [-0.1, -0.05) is 66.6 Å². The zero-order valence-corrected chi connectivity index (χ0v) is 35.3. The van der Waals surface area contributed by atoms with Crippen molar-refractivity contribution in [1.82, 2.24) is 30.0 Å². The third-order valence-electron chi connectivity index (χ3n) is 13.5. The molecule has 1 aromatic heterocycles. The van der Waals surface area contributed by atoms with Crippen molar-refractivity contribution in [2.45, 2.75) is 95.4 Å². The van der Waals surface area contributed by atoms with Crippen LogP contribution in [0, 0.1) is 11.8 Å². The molecule has 3 atom stereocenters. The predicted octanol–water partition coefficient (Wildman–Crippen LogP) is 7.37. The second kappa shape index (κ2) is 18.3. The SMILES string of the molecule is O=C1CCC(N2Cc3cc(OC4CCN(CCC5CCN(C(=O)[C@H]6CCC[C@@H](Nc7ncc(Cl)c(-c8cccc(-c9ccccc9)c8)n7)C6)CC5)CC4)ccc3C2=O)C(=O)N1. The third kappa shape index (κ3) is 9.45. The largest absolute Gasteiger partial charge is 0.490 e. The van der Waals surface area contributed by atoms with Crippen LogP contribution in [-0.4, -0.2) is 99.2 Å². The van der Waals surface area contributed by atoms with Crippen LogP contribution in [0.2, 0.25) is 5.02 Å². The van der Waals surface area contributed by atoms with Gasteiger partial charge in [0.2, 0.25) is 23.7 Å². The van der Waals surface area contributed by atoms with E-state index < -0.39 is 11.9 Å². The van der Waals surface area contributed by atoms with E-state index in [4.69, 9.17) is 21.3 Å². The molecule has 0 radical (unpaired) electrons. The van der Waals surface area contributed by atoms with Gasteiger partial charge in [0, 0.05) is 62.2 Å². The number of anilines is 1. The molecule has 318 valence electrons. The van der Waals surface area contributed by atoms with Crippen molar-refractivity contribution in [3.8, 4) is 28.1 Å². The molecule has 4 aromatic rings. The smallest absolute Gasteiger partial charge is 0.255 e. The number of rotatable bonds is 11. The van der Waals surface area contributed by atoms with Crippen LogP contribution in [0.25, 0.3) is 22.4 Å². The number of likely N-dealkylation sites (tertiary alicyclic amines) is 2. The number of nitrogens with one attached hydrogen (secondary N) is 2. The zero-order chi connectivity index (χ0) is 41.9. The Hall–Kier alpha value is -5.33. The number of nitrogens with zero attached hydrogens (tertiary/aromatic N) is 5. The third-order valence-corrected chi connectivity index (χ3v) is 13.7. The van der Waals surface area contributed by atoms with Crippen molar-refractivity contribution in [1.29, 1.82) is 0 Å². The minimum atomic E-state index is -0.622. The maximum absolute atomic E-state index is 13.8. The highest BCUT2D eigenvalue weighted by Crippen LogP contribution is 2.34. The molecule has 3 aromatic carbocycles. The number of carbonyl (C=O) groups is 4. The van der Waals surface area contributed by atoms with Crippen LogP contribution in [0.5, 0.6) is 5.75 Å². The lowest BCUT2D eigenvalue weighted by atomic mass is 9.84. The molecule has 5 aliphatic rings. The molecule has 0 spiro atoms. The summed E-state index contributed by atoms with van der Waals surface area (Å²) in [7, 11) is 0. The summed E-state index contributed by atoms with van der Waals surface area (Å²) in [5.41, 5.74) is 5.31. The molecule has 4 aliphatic heterocycles. The Morgan fingerprint density at radius 1 is 0.852 bits per heavy atom. The molecule has 3 saturated heterocycles. The van der Waals surface area contributed by atoms with Gasteiger partial charge in [-0.3, -0.25) is 24.5 Å². The van der Waals surface area contributed by atoms with Crippen LogP contribution in [0.1, 0.15) is 86.6 Å². The van der Waals surface area contributed by atoms with Gasteiger partial charge in [-0.05, 0) is 111 Å². The minimum Gasteiger partial charge on any atom is -0.490 e. The normalized spacial score (nSPS) is 22.8. The summed E-state index contributed by atoms with van der Waals surface area (Å²) in [6, 6.07) is 23.6. The number of hydrogen-bond donors (Lipinski definition) is 2. The fourth-order valence-electron chi connectivity index (χ4n) is 9.98. The topological polar surface area (TPSA) is 137 Å². The molecule has 5 heterocycles. The van der Waals surface area contributed by atoms with Crippen molar-refractivity contribution >= 4 is 41.2 Å². The number of ether oxygens (including phenoxy) is 1. The van der Waals surface area contributed by atoms with E-state index in [1.165, 1.54) is 0 Å². The number of imide groups is 1. The van der Waals surface area contributed by atoms with Crippen LogP contribution >= 0.6 is 11.6 Å². The zero-order valence-electron chi connectivity index (χ0n) is 34.6. The molecule has 9 rings (SSSR count). The van der Waals surface area contributed by atoms with Crippen molar-refractivity contribution < 1.29 is 23.9 Å². The van der Waals surface area contributed by atoms with E-state index in [1.807, 2.05) is 42.5 Å². The van der Waals surface area contributed by atoms with Crippen LogP contribution in [-0.2, 0) is 20.9 Å². The summed E-state index contributed by atoms with van der Waals surface area (Å²) in [6.45, 7) is 5.03. The fourth-order valence-corrected chi connectivity index (χ4v) is 10.2. The number of carbonyl (C=O) groups excluding carboxylic acids is 4. The molecule has 0 bridgehead atoms. The first-order valence-corrected chi connectivity index (χ1v) is 22.5. The van der Waals surface area contributed by atoms with E-state index in [2.05, 4.69) is 49.7 Å². The number of halogens is 1. The Bertz CT molecular complexity index is 2260. The standard InChI is InChI=1S/C48H54ClN7O5/c49-41-29-50-48(53-44(41)34-9-4-8-33(26-34)32-6-2-1-3-7-32)51-37-11-5-10-35(27-37)46(59)55-24-17-31(18-25-55)16-21-54-22-19-38(20-23-54)61-39-12-13-40-36(28-39)30-56(47(40)60)42-14-15-43(57)52-45(42)58/h1-4,6-9,12-13,26,28-29,31,35,37-38,42H,5,10-11,14-25,27,30H2,(H,50,51,53)(H,52,57,58)/t35-,37+,42?/m0/s1. The Balaban J connectivity index is 0.698. The van der Waals surface area contributed by atoms with E-state index >= 15 is 0 Å². The highest BCUT2D eigenvalue weighted by molar-refractivity contribution is 6.33. The van der Waals surface area contributed by atoms with Crippen LogP contribution in [0.4, 0.5) is 5.95 Å². The molecule has 13 heteroatoms. The van der Waals surface area contributed by atoms with Gasteiger partial charge in [0.1, 0.15) is 17.9 Å². The maximum atomic E-state index is 13.8. The average molecular weight is 844 g/mol. The van der Waals surface area contributed by atoms with Crippen LogP contribution in [0.15, 0.2) is 79.0 Å². The average Bonchev–Trinajstić information content (AvgIpc) is 3.61. The van der Waals surface area contributed by atoms with E-state index in [9.17, 15) is 19.2 Å². The van der Waals surface area contributed by atoms with Gasteiger partial charge in [-0.25, -0.2) is 9.97 Å². The summed E-state index contributed by atoms with van der Waals surface area (Å²) in [5, 5.41) is 6.41. The number of aromatic nitrogens is 2. The molecule has 1 saturated carbocycles. The second-order valence-electron chi connectivity index (χ2n) is 17.5. The molecule has 12 nitrogen and oxygen atoms in total. The molecular weight excluding hydrogens is 790 g/mol. The highest BCUT2D eigenvalue weighted by Gasteiger charge is 2.39. The Labute approximate surface area is 362 Å². The van der Waals surface area contributed by atoms with E-state index in [-0.39, 0.29) is 36.3 Å². The van der Waals surface area contributed by atoms with E-state index in [0.29, 0.717) is 47.0 Å². The van der Waals surface area contributed by atoms with Gasteiger partial charge in [-0.15, -0.1) is 0 Å². The summed E-state index contributed by atoms with van der Waals surface area (Å²) in [5.74, 6) is 1.36. The molecule has 1 unspecified atom stereocenters. The quantitative estimate of drug-likeness (QED) is 0.148. The monoisotopic (exact) mass is 843 g/mol. The van der Waals surface area contributed by atoms with Crippen molar-refractivity contribution in [3.63, 3.8) is 0 Å². The van der Waals surface area contributed by atoms with Gasteiger partial charge in [-0.2, -0.15) is 0 Å². The fraction of sp³-hybridized carbons (Fsp3) is 0.458. The van der Waals surface area contributed by atoms with E-state index in [1.54, 1.807) is 17.2 Å². The maximum Gasteiger partial charge on any atom is 0.255 e. The van der Waals surface area contributed by atoms with Crippen molar-refractivity contribution in [3.05, 3.63) is 95.1 Å². The summed E-state index contributed by atoms with van der Waals surface area (Å²) < 4.78 is 6.40. The second-order valence-corrected chi connectivity index (χ2v) is 17.9. The molecular formula is C48H54ClN7O5. The molecule has 4 fully saturated rings. The molecule has 1 aliphatic carbocycles. The Kier molecular flexibility index (Phi) is 12.3. The summed E-state index contributed by atoms with van der Waals surface area (Å²) in [4.78, 5) is 66.5. The lowest BCUT2D eigenvalue weighted by Crippen LogP contribution is -2.52. The first-order chi connectivity index (χ1) is 29.7. The summed E-state index contributed by atoms with van der Waals surface area (Å²) >= 11 is 6.63. The van der Waals surface area contributed by atoms with Gasteiger partial charge in [0.15, 0.2) is 0 Å². The van der Waals surface area contributed by atoms with Gasteiger partial charge < -0.3 is 24.8 Å². The number of amides is 4.